The minimum absolute atomic E-state index is 0.242. The van der Waals surface area contributed by atoms with E-state index in [1.54, 1.807) is 12.1 Å². The molecule has 3 aromatic rings. The third-order valence-corrected chi connectivity index (χ3v) is 5.94. The predicted molar refractivity (Wildman–Crippen MR) is 121 cm³/mol. The van der Waals surface area contributed by atoms with E-state index in [9.17, 15) is 23.6 Å². The van der Waals surface area contributed by atoms with Crippen molar-refractivity contribution in [2.24, 2.45) is 0 Å². The first-order valence-electron chi connectivity index (χ1n) is 9.76. The van der Waals surface area contributed by atoms with Crippen molar-refractivity contribution in [2.45, 2.75) is 11.7 Å². The van der Waals surface area contributed by atoms with Gasteiger partial charge in [0.1, 0.15) is 17.6 Å². The van der Waals surface area contributed by atoms with Crippen LogP contribution in [0.4, 0.5) is 20.6 Å². The van der Waals surface area contributed by atoms with E-state index in [1.165, 1.54) is 24.3 Å². The van der Waals surface area contributed by atoms with Crippen LogP contribution in [-0.4, -0.2) is 39.7 Å². The van der Waals surface area contributed by atoms with Gasteiger partial charge in [-0.05, 0) is 35.7 Å². The molecule has 9 heteroatoms. The molecule has 0 aromatic heterocycles. The molecule has 1 heterocycles. The molecule has 2 N–H and O–H groups in total. The van der Waals surface area contributed by atoms with E-state index >= 15 is 0 Å². The van der Waals surface area contributed by atoms with Crippen LogP contribution in [0.5, 0.6) is 0 Å². The van der Waals surface area contributed by atoms with Crippen LogP contribution in [0, 0.1) is 5.82 Å². The highest BCUT2D eigenvalue weighted by Crippen LogP contribution is 2.30. The molecule has 0 bridgehead atoms. The number of carbonyl (C=O) groups is 4. The molecule has 1 saturated heterocycles. The number of hydrogen-bond donors (Lipinski definition) is 2. The van der Waals surface area contributed by atoms with Gasteiger partial charge in [0.2, 0.25) is 17.7 Å². The molecular weight excluding hydrogens is 433 g/mol. The van der Waals surface area contributed by atoms with Gasteiger partial charge < -0.3 is 10.6 Å². The third kappa shape index (κ3) is 4.78. The van der Waals surface area contributed by atoms with Crippen LogP contribution in [0.15, 0.2) is 66.7 Å². The summed E-state index contributed by atoms with van der Waals surface area (Å²) in [7, 11) is 0. The van der Waals surface area contributed by atoms with E-state index in [0.29, 0.717) is 23.1 Å². The van der Waals surface area contributed by atoms with E-state index in [0.717, 1.165) is 15.7 Å². The summed E-state index contributed by atoms with van der Waals surface area (Å²) in [5.74, 6) is -2.03. The molecule has 3 aromatic carbocycles. The first-order valence-corrected chi connectivity index (χ1v) is 10.6. The summed E-state index contributed by atoms with van der Waals surface area (Å²) in [4.78, 5) is 50.5. The summed E-state index contributed by atoms with van der Waals surface area (Å²) in [6, 6.07) is 18.2. The monoisotopic (exact) mass is 451 g/mol. The number of benzene rings is 3. The summed E-state index contributed by atoms with van der Waals surface area (Å²) >= 11 is 0.711. The van der Waals surface area contributed by atoms with Crippen molar-refractivity contribution < 1.29 is 23.6 Å². The highest BCUT2D eigenvalue weighted by atomic mass is 32.2. The quantitative estimate of drug-likeness (QED) is 0.591. The Labute approximate surface area is 187 Å². The lowest BCUT2D eigenvalue weighted by atomic mass is 10.1. The molecule has 1 aliphatic heterocycles. The maximum Gasteiger partial charge on any atom is 0.289 e. The topological polar surface area (TPSA) is 95.6 Å². The first-order chi connectivity index (χ1) is 15.4. The number of nitrogens with one attached hydrogen (secondary N) is 2. The number of anilines is 2. The SMILES string of the molecule is O=C(CC1SC(=O)N(CC(=O)Nc2cccc3ccccc23)C1=O)Nc1ccc(F)cc1. The van der Waals surface area contributed by atoms with Crippen LogP contribution >= 0.6 is 11.8 Å². The van der Waals surface area contributed by atoms with E-state index in [4.69, 9.17) is 0 Å². The summed E-state index contributed by atoms with van der Waals surface area (Å²) in [5.41, 5.74) is 0.958. The van der Waals surface area contributed by atoms with Gasteiger partial charge >= 0.3 is 0 Å². The number of halogens is 1. The minimum atomic E-state index is -0.923. The zero-order chi connectivity index (χ0) is 22.7. The van der Waals surface area contributed by atoms with Gasteiger partial charge in [0.25, 0.3) is 5.24 Å². The number of rotatable bonds is 6. The number of thioether (sulfide) groups is 1. The Morgan fingerprint density at radius 3 is 2.41 bits per heavy atom. The summed E-state index contributed by atoms with van der Waals surface area (Å²) in [6.07, 6.45) is -0.242. The molecule has 32 heavy (non-hydrogen) atoms. The van der Waals surface area contributed by atoms with Crippen molar-refractivity contribution in [2.75, 3.05) is 17.2 Å². The van der Waals surface area contributed by atoms with Crippen molar-refractivity contribution in [1.82, 2.24) is 4.90 Å². The number of imide groups is 1. The van der Waals surface area contributed by atoms with Crippen LogP contribution in [0.1, 0.15) is 6.42 Å². The molecule has 7 nitrogen and oxygen atoms in total. The Hall–Kier alpha value is -3.72. The maximum atomic E-state index is 13.0. The molecule has 0 saturated carbocycles. The number of amides is 4. The predicted octanol–water partition coefficient (Wildman–Crippen LogP) is 4.01. The average Bonchev–Trinajstić information content (AvgIpc) is 3.03. The zero-order valence-electron chi connectivity index (χ0n) is 16.7. The first kappa shape index (κ1) is 21.5. The lowest BCUT2D eigenvalue weighted by Crippen LogP contribution is -2.38. The largest absolute Gasteiger partial charge is 0.326 e. The van der Waals surface area contributed by atoms with Crippen molar-refractivity contribution >= 4 is 56.9 Å². The molecule has 4 rings (SSSR count). The van der Waals surface area contributed by atoms with Gasteiger partial charge in [-0.1, -0.05) is 48.2 Å². The molecule has 0 radical (unpaired) electrons. The summed E-state index contributed by atoms with van der Waals surface area (Å²) in [5, 5.41) is 5.58. The molecule has 1 aliphatic rings. The molecule has 1 unspecified atom stereocenters. The van der Waals surface area contributed by atoms with Crippen LogP contribution in [0.25, 0.3) is 10.8 Å². The van der Waals surface area contributed by atoms with Crippen molar-refractivity contribution in [3.8, 4) is 0 Å². The number of fused-ring (bicyclic) bond motifs is 1. The normalized spacial score (nSPS) is 15.8. The van der Waals surface area contributed by atoms with Crippen LogP contribution < -0.4 is 10.6 Å². The fourth-order valence-electron chi connectivity index (χ4n) is 3.35. The smallest absolute Gasteiger partial charge is 0.289 e. The van der Waals surface area contributed by atoms with E-state index in [1.807, 2.05) is 30.3 Å². The maximum absolute atomic E-state index is 13.0. The lowest BCUT2D eigenvalue weighted by Gasteiger charge is -2.14. The van der Waals surface area contributed by atoms with Gasteiger partial charge in [0.15, 0.2) is 0 Å². The Bertz CT molecular complexity index is 1210. The molecule has 1 fully saturated rings. The van der Waals surface area contributed by atoms with Gasteiger partial charge in [-0.3, -0.25) is 24.1 Å². The van der Waals surface area contributed by atoms with Gasteiger partial charge in [0, 0.05) is 23.2 Å². The third-order valence-electron chi connectivity index (χ3n) is 4.87. The number of carbonyl (C=O) groups excluding carboxylic acids is 4. The average molecular weight is 451 g/mol. The van der Waals surface area contributed by atoms with Crippen molar-refractivity contribution in [3.05, 3.63) is 72.5 Å². The second-order valence-electron chi connectivity index (χ2n) is 7.13. The lowest BCUT2D eigenvalue weighted by molar-refractivity contribution is -0.131. The zero-order valence-corrected chi connectivity index (χ0v) is 17.5. The molecule has 1 atom stereocenters. The second-order valence-corrected chi connectivity index (χ2v) is 8.28. The van der Waals surface area contributed by atoms with Crippen LogP contribution in [0.2, 0.25) is 0 Å². The van der Waals surface area contributed by atoms with E-state index < -0.39 is 40.6 Å². The van der Waals surface area contributed by atoms with Gasteiger partial charge in [0.05, 0.1) is 0 Å². The van der Waals surface area contributed by atoms with Gasteiger partial charge in [-0.15, -0.1) is 0 Å². The van der Waals surface area contributed by atoms with Crippen molar-refractivity contribution in [3.63, 3.8) is 0 Å². The number of nitrogens with zero attached hydrogens (tertiary/aromatic N) is 1. The minimum Gasteiger partial charge on any atom is -0.326 e. The van der Waals surface area contributed by atoms with E-state index in [-0.39, 0.29) is 6.42 Å². The Balaban J connectivity index is 1.36. The molecule has 162 valence electrons. The van der Waals surface area contributed by atoms with Crippen LogP contribution in [0.3, 0.4) is 0 Å². The Kier molecular flexibility index (Phi) is 6.18. The highest BCUT2D eigenvalue weighted by molar-refractivity contribution is 8.15. The van der Waals surface area contributed by atoms with Gasteiger partial charge in [-0.25, -0.2) is 4.39 Å². The molecule has 0 spiro atoms. The number of hydrogen-bond acceptors (Lipinski definition) is 5. The molecular formula is C23H18FN3O4S. The van der Waals surface area contributed by atoms with Gasteiger partial charge in [-0.2, -0.15) is 0 Å². The molecule has 0 aliphatic carbocycles. The Morgan fingerprint density at radius 2 is 1.62 bits per heavy atom. The highest BCUT2D eigenvalue weighted by Gasteiger charge is 2.41. The van der Waals surface area contributed by atoms with Crippen LogP contribution in [-0.2, 0) is 14.4 Å². The Morgan fingerprint density at radius 1 is 0.906 bits per heavy atom. The second kappa shape index (κ2) is 9.19. The van der Waals surface area contributed by atoms with E-state index in [2.05, 4.69) is 10.6 Å². The summed E-state index contributed by atoms with van der Waals surface area (Å²) < 4.78 is 13.0. The fraction of sp³-hybridized carbons (Fsp3) is 0.130. The van der Waals surface area contributed by atoms with Crippen molar-refractivity contribution in [1.29, 1.82) is 0 Å². The molecule has 4 amide bonds. The standard InChI is InChI=1S/C23H18FN3O4S/c24-15-8-10-16(11-9-15)25-20(28)12-19-22(30)27(23(31)32-19)13-21(29)26-18-7-3-5-14-4-1-2-6-17(14)18/h1-11,19H,12-13H2,(H,25,28)(H,26,29). The summed E-state index contributed by atoms with van der Waals surface area (Å²) in [6.45, 7) is -0.441. The fourth-order valence-corrected chi connectivity index (χ4v) is 4.34.